The molecule has 5 aromatic rings. The van der Waals surface area contributed by atoms with Crippen molar-refractivity contribution >= 4 is 40.0 Å². The fourth-order valence-electron chi connectivity index (χ4n) is 3.04. The fourth-order valence-corrected chi connectivity index (χ4v) is 3.04. The molecule has 27 heavy (non-hydrogen) atoms. The highest BCUT2D eigenvalue weighted by Crippen LogP contribution is 2.17. The lowest BCUT2D eigenvalue weighted by molar-refractivity contribution is 0.624. The standard InChI is InChI=1S/C19H13FN6.ClH/c20-13-10-12-3-4-14(23-18(12)22-11-13)5-6-17-24-19-15-2-1-8-21-16(15)7-9-26(19)25-17;/h1-4,7-11H,5-6H2;1H. The molecule has 0 radical (unpaired) electrons. The average molecular weight is 381 g/mol. The summed E-state index contributed by atoms with van der Waals surface area (Å²) >= 11 is 0. The largest absolute Gasteiger partial charge is 0.256 e. The van der Waals surface area contributed by atoms with Gasteiger partial charge in [-0.15, -0.1) is 12.4 Å². The number of halogens is 2. The lowest BCUT2D eigenvalue weighted by atomic mass is 10.2. The van der Waals surface area contributed by atoms with Crippen LogP contribution in [0.5, 0.6) is 0 Å². The lowest BCUT2D eigenvalue weighted by Gasteiger charge is -2.01. The first-order valence-corrected chi connectivity index (χ1v) is 8.26. The number of pyridine rings is 4. The van der Waals surface area contributed by atoms with Gasteiger partial charge in [0.1, 0.15) is 5.82 Å². The van der Waals surface area contributed by atoms with Gasteiger partial charge in [-0.25, -0.2) is 23.9 Å². The summed E-state index contributed by atoms with van der Waals surface area (Å²) in [6.07, 6.45) is 6.16. The third kappa shape index (κ3) is 3.17. The average Bonchev–Trinajstić information content (AvgIpc) is 3.10. The van der Waals surface area contributed by atoms with Crippen molar-refractivity contribution in [2.24, 2.45) is 0 Å². The molecule has 0 amide bonds. The van der Waals surface area contributed by atoms with E-state index < -0.39 is 0 Å². The van der Waals surface area contributed by atoms with Crippen LogP contribution in [-0.4, -0.2) is 29.5 Å². The Kier molecular flexibility index (Phi) is 4.37. The molecule has 0 bridgehead atoms. The van der Waals surface area contributed by atoms with Crippen LogP contribution >= 0.6 is 12.4 Å². The maximum atomic E-state index is 13.2. The molecular weight excluding hydrogens is 367 g/mol. The lowest BCUT2D eigenvalue weighted by Crippen LogP contribution is -1.98. The normalized spacial score (nSPS) is 11.1. The second kappa shape index (κ2) is 6.85. The summed E-state index contributed by atoms with van der Waals surface area (Å²) in [5, 5.41) is 6.21. The molecular formula is C19H14ClFN6. The predicted octanol–water partition coefficient (Wildman–Crippen LogP) is 3.57. The minimum Gasteiger partial charge on any atom is -0.256 e. The van der Waals surface area contributed by atoms with Gasteiger partial charge in [-0.05, 0) is 42.8 Å². The summed E-state index contributed by atoms with van der Waals surface area (Å²) in [7, 11) is 0. The van der Waals surface area contributed by atoms with Crippen LogP contribution in [0.15, 0.2) is 55.0 Å². The molecule has 0 aliphatic carbocycles. The molecule has 5 rings (SSSR count). The smallest absolute Gasteiger partial charge is 0.164 e. The van der Waals surface area contributed by atoms with Gasteiger partial charge in [0, 0.05) is 35.3 Å². The summed E-state index contributed by atoms with van der Waals surface area (Å²) < 4.78 is 15.0. The van der Waals surface area contributed by atoms with Crippen molar-refractivity contribution in [1.82, 2.24) is 29.5 Å². The van der Waals surface area contributed by atoms with Crippen LogP contribution in [0.4, 0.5) is 4.39 Å². The van der Waals surface area contributed by atoms with E-state index in [1.54, 1.807) is 10.7 Å². The third-order valence-electron chi connectivity index (χ3n) is 4.30. The van der Waals surface area contributed by atoms with Gasteiger partial charge in [0.15, 0.2) is 17.1 Å². The van der Waals surface area contributed by atoms with E-state index in [9.17, 15) is 4.39 Å². The second-order valence-corrected chi connectivity index (χ2v) is 6.05. The van der Waals surface area contributed by atoms with Gasteiger partial charge in [0.05, 0.1) is 11.7 Å². The molecule has 0 aliphatic rings. The first kappa shape index (κ1) is 17.2. The maximum Gasteiger partial charge on any atom is 0.164 e. The van der Waals surface area contributed by atoms with E-state index in [1.807, 2.05) is 36.5 Å². The number of hydrogen-bond donors (Lipinski definition) is 0. The first-order valence-electron chi connectivity index (χ1n) is 8.26. The molecule has 0 N–H and O–H groups in total. The molecule has 0 saturated carbocycles. The maximum absolute atomic E-state index is 13.2. The molecule has 5 heterocycles. The summed E-state index contributed by atoms with van der Waals surface area (Å²) in [4.78, 5) is 17.5. The van der Waals surface area contributed by atoms with Crippen molar-refractivity contribution in [3.05, 3.63) is 72.3 Å². The van der Waals surface area contributed by atoms with Crippen LogP contribution in [0.3, 0.4) is 0 Å². The van der Waals surface area contributed by atoms with Crippen molar-refractivity contribution in [3.8, 4) is 0 Å². The highest BCUT2D eigenvalue weighted by molar-refractivity contribution is 5.90. The molecule has 0 aliphatic heterocycles. The molecule has 5 aromatic heterocycles. The Morgan fingerprint density at radius 1 is 1.00 bits per heavy atom. The van der Waals surface area contributed by atoms with Crippen molar-refractivity contribution in [2.75, 3.05) is 0 Å². The summed E-state index contributed by atoms with van der Waals surface area (Å²) in [5.41, 5.74) is 3.12. The zero-order valence-electron chi connectivity index (χ0n) is 14.1. The van der Waals surface area contributed by atoms with Crippen LogP contribution in [0.2, 0.25) is 0 Å². The van der Waals surface area contributed by atoms with Crippen LogP contribution in [0, 0.1) is 5.82 Å². The molecule has 0 spiro atoms. The molecule has 0 aromatic carbocycles. The Balaban J connectivity index is 0.00000180. The highest BCUT2D eigenvalue weighted by atomic mass is 35.5. The number of aryl methyl sites for hydroxylation is 2. The number of nitrogens with zero attached hydrogens (tertiary/aromatic N) is 6. The van der Waals surface area contributed by atoms with Gasteiger partial charge >= 0.3 is 0 Å². The Hall–Kier alpha value is -3.19. The van der Waals surface area contributed by atoms with Gasteiger partial charge in [0.2, 0.25) is 0 Å². The molecule has 8 heteroatoms. The Labute approximate surface area is 159 Å². The predicted molar refractivity (Wildman–Crippen MR) is 102 cm³/mol. The summed E-state index contributed by atoms with van der Waals surface area (Å²) in [6.45, 7) is 0. The second-order valence-electron chi connectivity index (χ2n) is 6.05. The number of aromatic nitrogens is 6. The Morgan fingerprint density at radius 2 is 1.93 bits per heavy atom. The molecule has 0 atom stereocenters. The highest BCUT2D eigenvalue weighted by Gasteiger charge is 2.09. The Morgan fingerprint density at radius 3 is 2.85 bits per heavy atom. The van der Waals surface area contributed by atoms with E-state index in [0.717, 1.165) is 28.1 Å². The molecule has 134 valence electrons. The van der Waals surface area contributed by atoms with Gasteiger partial charge in [-0.1, -0.05) is 0 Å². The van der Waals surface area contributed by atoms with E-state index >= 15 is 0 Å². The van der Waals surface area contributed by atoms with Gasteiger partial charge < -0.3 is 0 Å². The van der Waals surface area contributed by atoms with Crippen LogP contribution < -0.4 is 0 Å². The number of fused-ring (bicyclic) bond motifs is 4. The van der Waals surface area contributed by atoms with Crippen LogP contribution in [0.25, 0.3) is 27.6 Å². The SMILES string of the molecule is Cl.Fc1cnc2nc(CCc3nc4c5cccnc5ccn4n3)ccc2c1. The van der Waals surface area contributed by atoms with Gasteiger partial charge in [0.25, 0.3) is 0 Å². The van der Waals surface area contributed by atoms with Crippen LogP contribution in [-0.2, 0) is 12.8 Å². The quantitative estimate of drug-likeness (QED) is 0.478. The first-order chi connectivity index (χ1) is 12.8. The molecule has 6 nitrogen and oxygen atoms in total. The monoisotopic (exact) mass is 380 g/mol. The van der Waals surface area contributed by atoms with E-state index in [-0.39, 0.29) is 18.2 Å². The van der Waals surface area contributed by atoms with Gasteiger partial charge in [-0.3, -0.25) is 4.98 Å². The van der Waals surface area contributed by atoms with E-state index in [4.69, 9.17) is 0 Å². The van der Waals surface area contributed by atoms with Crippen molar-refractivity contribution in [2.45, 2.75) is 12.8 Å². The van der Waals surface area contributed by atoms with Crippen molar-refractivity contribution in [1.29, 1.82) is 0 Å². The van der Waals surface area contributed by atoms with Crippen molar-refractivity contribution in [3.63, 3.8) is 0 Å². The Bertz CT molecular complexity index is 1270. The van der Waals surface area contributed by atoms with E-state index in [2.05, 4.69) is 25.0 Å². The minimum absolute atomic E-state index is 0. The molecule has 0 fully saturated rings. The third-order valence-corrected chi connectivity index (χ3v) is 4.30. The molecule has 0 saturated heterocycles. The van der Waals surface area contributed by atoms with E-state index in [0.29, 0.717) is 23.9 Å². The summed E-state index contributed by atoms with van der Waals surface area (Å²) in [6, 6.07) is 11.0. The minimum atomic E-state index is -0.359. The zero-order chi connectivity index (χ0) is 17.5. The molecule has 0 unspecified atom stereocenters. The van der Waals surface area contributed by atoms with Crippen LogP contribution in [0.1, 0.15) is 11.5 Å². The topological polar surface area (TPSA) is 68.9 Å². The van der Waals surface area contributed by atoms with Crippen molar-refractivity contribution < 1.29 is 4.39 Å². The number of rotatable bonds is 3. The van der Waals surface area contributed by atoms with E-state index in [1.165, 1.54) is 12.3 Å². The fraction of sp³-hybridized carbons (Fsp3) is 0.105. The summed E-state index contributed by atoms with van der Waals surface area (Å²) in [5.74, 6) is 0.387. The zero-order valence-corrected chi connectivity index (χ0v) is 14.9. The van der Waals surface area contributed by atoms with Gasteiger partial charge in [-0.2, -0.15) is 5.10 Å². The number of hydrogen-bond acceptors (Lipinski definition) is 5.